The number of para-hydroxylation sites is 3. The Kier molecular flexibility index (Phi) is 3.97. The van der Waals surface area contributed by atoms with Crippen LogP contribution in [-0.2, 0) is 5.41 Å². The molecule has 7 rings (SSSR count). The molecule has 0 atom stereocenters. The van der Waals surface area contributed by atoms with Crippen molar-refractivity contribution in [1.82, 2.24) is 0 Å². The van der Waals surface area contributed by atoms with Gasteiger partial charge in [0.1, 0.15) is 0 Å². The number of rotatable bonds is 1. The van der Waals surface area contributed by atoms with Crippen LogP contribution in [0.1, 0.15) is 22.3 Å². The third kappa shape index (κ3) is 2.42. The van der Waals surface area contributed by atoms with Crippen molar-refractivity contribution in [3.63, 3.8) is 0 Å². The molecule has 0 N–H and O–H groups in total. The maximum absolute atomic E-state index is 3.72. The SMILES string of the molecule is Brc1ccc2c(c1)-c1ccccc1C21c2ccccc2N(c2ccccc2)c2ccccc21. The molecule has 0 bridgehead atoms. The number of hydrogen-bond acceptors (Lipinski definition) is 1. The first-order valence-corrected chi connectivity index (χ1v) is 12.0. The molecule has 0 fully saturated rings. The van der Waals surface area contributed by atoms with Crippen LogP contribution >= 0.6 is 15.9 Å². The van der Waals surface area contributed by atoms with Crippen LogP contribution in [0.25, 0.3) is 11.1 Å². The number of benzene rings is 5. The molecule has 5 aromatic carbocycles. The van der Waals surface area contributed by atoms with Crippen molar-refractivity contribution in [2.75, 3.05) is 4.90 Å². The van der Waals surface area contributed by atoms with Crippen LogP contribution in [0.15, 0.2) is 126 Å². The molecule has 33 heavy (non-hydrogen) atoms. The molecule has 1 heterocycles. The standard InChI is InChI=1S/C31H20BrN/c32-21-18-19-26-24(20-21)23-12-4-5-13-25(23)31(26)27-14-6-8-16-29(27)33(22-10-2-1-3-11-22)30-17-9-7-15-28(30)31/h1-20H. The van der Waals surface area contributed by atoms with Gasteiger partial charge in [-0.25, -0.2) is 0 Å². The van der Waals surface area contributed by atoms with E-state index in [0.717, 1.165) is 4.47 Å². The second kappa shape index (κ2) is 6.94. The first-order valence-electron chi connectivity index (χ1n) is 11.2. The van der Waals surface area contributed by atoms with Crippen LogP contribution in [0.5, 0.6) is 0 Å². The average Bonchev–Trinajstić information content (AvgIpc) is 3.15. The molecule has 1 aliphatic carbocycles. The highest BCUT2D eigenvalue weighted by Gasteiger charge is 2.51. The minimum Gasteiger partial charge on any atom is -0.310 e. The maximum Gasteiger partial charge on any atom is 0.0754 e. The Labute approximate surface area is 202 Å². The van der Waals surface area contributed by atoms with Gasteiger partial charge in [-0.15, -0.1) is 0 Å². The highest BCUT2D eigenvalue weighted by atomic mass is 79.9. The molecular formula is C31H20BrN. The molecule has 1 spiro atoms. The van der Waals surface area contributed by atoms with E-state index in [1.165, 1.54) is 50.4 Å². The smallest absolute Gasteiger partial charge is 0.0754 e. The van der Waals surface area contributed by atoms with Crippen LogP contribution in [0.2, 0.25) is 0 Å². The monoisotopic (exact) mass is 485 g/mol. The molecular weight excluding hydrogens is 466 g/mol. The second-order valence-electron chi connectivity index (χ2n) is 8.69. The molecule has 0 radical (unpaired) electrons. The lowest BCUT2D eigenvalue weighted by Gasteiger charge is -2.45. The third-order valence-corrected chi connectivity index (χ3v) is 7.61. The summed E-state index contributed by atoms with van der Waals surface area (Å²) in [4.78, 5) is 2.41. The van der Waals surface area contributed by atoms with E-state index >= 15 is 0 Å². The Morgan fingerprint density at radius 1 is 0.485 bits per heavy atom. The number of halogens is 1. The Balaban J connectivity index is 1.67. The molecule has 0 aromatic heterocycles. The topological polar surface area (TPSA) is 3.24 Å². The lowest BCUT2D eigenvalue weighted by atomic mass is 9.64. The normalized spacial score (nSPS) is 14.4. The molecule has 2 heteroatoms. The number of anilines is 3. The van der Waals surface area contributed by atoms with E-state index < -0.39 is 0 Å². The van der Waals surface area contributed by atoms with Gasteiger partial charge in [-0.1, -0.05) is 101 Å². The summed E-state index contributed by atoms with van der Waals surface area (Å²) in [6.07, 6.45) is 0. The van der Waals surface area contributed by atoms with Gasteiger partial charge in [0.2, 0.25) is 0 Å². The van der Waals surface area contributed by atoms with Crippen LogP contribution in [0.4, 0.5) is 17.1 Å². The maximum atomic E-state index is 3.72. The number of nitrogens with zero attached hydrogens (tertiary/aromatic N) is 1. The summed E-state index contributed by atoms with van der Waals surface area (Å²) in [6.45, 7) is 0. The van der Waals surface area contributed by atoms with E-state index in [0.29, 0.717) is 0 Å². The van der Waals surface area contributed by atoms with Gasteiger partial charge < -0.3 is 4.90 Å². The van der Waals surface area contributed by atoms with Gasteiger partial charge in [0, 0.05) is 10.2 Å². The largest absolute Gasteiger partial charge is 0.310 e. The third-order valence-electron chi connectivity index (χ3n) is 7.12. The van der Waals surface area contributed by atoms with E-state index in [1.54, 1.807) is 0 Å². The fourth-order valence-electron chi connectivity index (χ4n) is 5.94. The van der Waals surface area contributed by atoms with E-state index in [-0.39, 0.29) is 5.41 Å². The minimum atomic E-state index is -0.356. The Morgan fingerprint density at radius 2 is 1.03 bits per heavy atom. The van der Waals surface area contributed by atoms with Crippen LogP contribution in [0, 0.1) is 0 Å². The van der Waals surface area contributed by atoms with Crippen molar-refractivity contribution < 1.29 is 0 Å². The zero-order valence-electron chi connectivity index (χ0n) is 17.9. The predicted octanol–water partition coefficient (Wildman–Crippen LogP) is 8.60. The summed E-state index contributed by atoms with van der Waals surface area (Å²) in [6, 6.07) is 44.2. The lowest BCUT2D eigenvalue weighted by molar-refractivity contribution is 0.752. The van der Waals surface area contributed by atoms with Gasteiger partial charge in [0.25, 0.3) is 0 Å². The van der Waals surface area contributed by atoms with Crippen molar-refractivity contribution in [1.29, 1.82) is 0 Å². The lowest BCUT2D eigenvalue weighted by Crippen LogP contribution is -2.36. The minimum absolute atomic E-state index is 0.356. The van der Waals surface area contributed by atoms with Gasteiger partial charge in [-0.05, 0) is 69.8 Å². The van der Waals surface area contributed by atoms with Crippen LogP contribution < -0.4 is 4.90 Å². The van der Waals surface area contributed by atoms with Gasteiger partial charge in [-0.3, -0.25) is 0 Å². The fraction of sp³-hybridized carbons (Fsp3) is 0.0323. The first-order chi connectivity index (χ1) is 16.3. The fourth-order valence-corrected chi connectivity index (χ4v) is 6.30. The molecule has 0 saturated carbocycles. The molecule has 1 aliphatic heterocycles. The molecule has 1 nitrogen and oxygen atoms in total. The van der Waals surface area contributed by atoms with E-state index in [9.17, 15) is 0 Å². The second-order valence-corrected chi connectivity index (χ2v) is 9.61. The molecule has 2 aliphatic rings. The predicted molar refractivity (Wildman–Crippen MR) is 140 cm³/mol. The number of fused-ring (bicyclic) bond motifs is 9. The average molecular weight is 486 g/mol. The summed E-state index contributed by atoms with van der Waals surface area (Å²) >= 11 is 3.72. The van der Waals surface area contributed by atoms with E-state index in [4.69, 9.17) is 0 Å². The van der Waals surface area contributed by atoms with Gasteiger partial charge in [0.15, 0.2) is 0 Å². The van der Waals surface area contributed by atoms with E-state index in [1.807, 2.05) is 0 Å². The molecule has 0 saturated heterocycles. The number of hydrogen-bond donors (Lipinski definition) is 0. The van der Waals surface area contributed by atoms with Gasteiger partial charge in [-0.2, -0.15) is 0 Å². The van der Waals surface area contributed by atoms with Gasteiger partial charge >= 0.3 is 0 Å². The summed E-state index contributed by atoms with van der Waals surface area (Å²) in [7, 11) is 0. The van der Waals surface area contributed by atoms with Crippen molar-refractivity contribution in [3.8, 4) is 11.1 Å². The van der Waals surface area contributed by atoms with Crippen LogP contribution in [-0.4, -0.2) is 0 Å². The first kappa shape index (κ1) is 18.9. The molecule has 156 valence electrons. The van der Waals surface area contributed by atoms with Crippen molar-refractivity contribution in [2.45, 2.75) is 5.41 Å². The van der Waals surface area contributed by atoms with Crippen molar-refractivity contribution in [2.24, 2.45) is 0 Å². The van der Waals surface area contributed by atoms with Crippen molar-refractivity contribution in [3.05, 3.63) is 148 Å². The Morgan fingerprint density at radius 3 is 1.73 bits per heavy atom. The summed E-state index contributed by atoms with van der Waals surface area (Å²) in [5, 5.41) is 0. The van der Waals surface area contributed by atoms with Crippen molar-refractivity contribution >= 4 is 33.0 Å². The quantitative estimate of drug-likeness (QED) is 0.225. The zero-order valence-corrected chi connectivity index (χ0v) is 19.5. The summed E-state index contributed by atoms with van der Waals surface area (Å²) in [5.41, 5.74) is 11.2. The molecule has 0 unspecified atom stereocenters. The highest BCUT2D eigenvalue weighted by Crippen LogP contribution is 2.63. The van der Waals surface area contributed by atoms with E-state index in [2.05, 4.69) is 142 Å². The van der Waals surface area contributed by atoms with Gasteiger partial charge in [0.05, 0.1) is 16.8 Å². The van der Waals surface area contributed by atoms with Crippen LogP contribution in [0.3, 0.4) is 0 Å². The zero-order chi connectivity index (χ0) is 22.0. The highest BCUT2D eigenvalue weighted by molar-refractivity contribution is 9.10. The summed E-state index contributed by atoms with van der Waals surface area (Å²) < 4.78 is 1.11. The molecule has 0 amide bonds. The summed E-state index contributed by atoms with van der Waals surface area (Å²) in [5.74, 6) is 0. The Bertz CT molecular complexity index is 1490. The Hall–Kier alpha value is -3.62. The molecule has 5 aromatic rings.